The van der Waals surface area contributed by atoms with Crippen LogP contribution in [0.1, 0.15) is 4.11 Å². The third-order valence-corrected chi connectivity index (χ3v) is 1.68. The number of benzene rings is 2. The average Bonchev–Trinajstić information content (AvgIpc) is 2.25. The largest absolute Gasteiger partial charge is 0.0629 e. The van der Waals surface area contributed by atoms with Gasteiger partial charge in [0.15, 0.2) is 0 Å². The fourth-order valence-electron chi connectivity index (χ4n) is 1.10. The molecule has 0 spiro atoms. The Bertz CT molecular complexity index is 478. The minimum atomic E-state index is 0.0969. The van der Waals surface area contributed by atoms with E-state index in [1.54, 1.807) is 6.07 Å². The fraction of sp³-hybridized carbons (Fsp3) is 0. The molecule has 12 heavy (non-hydrogen) atoms. The summed E-state index contributed by atoms with van der Waals surface area (Å²) in [5.74, 6) is 0. The molecule has 0 saturated carbocycles. The molecule has 2 aromatic rings. The van der Waals surface area contributed by atoms with E-state index in [1.807, 2.05) is 30.3 Å². The van der Waals surface area contributed by atoms with Gasteiger partial charge in [0, 0.05) is 0 Å². The molecule has 0 fully saturated rings. The highest BCUT2D eigenvalue weighted by atomic mass is 14.0. The van der Waals surface area contributed by atoms with Gasteiger partial charge < -0.3 is 0 Å². The van der Waals surface area contributed by atoms with Crippen LogP contribution in [0.5, 0.6) is 0 Å². The highest BCUT2D eigenvalue weighted by Crippen LogP contribution is 2.17. The first-order valence-electron chi connectivity index (χ1n) is 5.32. The lowest BCUT2D eigenvalue weighted by Gasteiger charge is -1.98. The van der Waals surface area contributed by atoms with Crippen LogP contribution in [0.15, 0.2) is 60.6 Å². The molecule has 0 heteroatoms. The summed E-state index contributed by atoms with van der Waals surface area (Å²) < 4.78 is 22.7. The zero-order chi connectivity index (χ0) is 10.8. The van der Waals surface area contributed by atoms with Crippen LogP contribution in [0, 0.1) is 0 Å². The molecule has 0 amide bonds. The van der Waals surface area contributed by atoms with Gasteiger partial charge in [-0.3, -0.25) is 0 Å². The van der Waals surface area contributed by atoms with Gasteiger partial charge in [0.1, 0.15) is 0 Å². The van der Waals surface area contributed by atoms with E-state index in [0.29, 0.717) is 11.6 Å². The molecule has 0 nitrogen and oxygen atoms in total. The van der Waals surface area contributed by atoms with Crippen molar-refractivity contribution in [1.29, 1.82) is 0 Å². The van der Waals surface area contributed by atoms with Crippen LogP contribution in [0.3, 0.4) is 0 Å². The molecule has 0 atom stereocenters. The molecular weight excluding hydrogens is 144 g/mol. The van der Waals surface area contributed by atoms with Gasteiger partial charge in [0.25, 0.3) is 0 Å². The molecule has 0 radical (unpaired) electrons. The van der Waals surface area contributed by atoms with Gasteiger partial charge in [-0.25, -0.2) is 0 Å². The lowest BCUT2D eigenvalue weighted by atomic mass is 10.1. The predicted octanol–water partition coefficient (Wildman–Crippen LogP) is 3.35. The van der Waals surface area contributed by atoms with Crippen LogP contribution in [0.2, 0.25) is 0 Å². The molecule has 0 bridgehead atoms. The molecule has 0 aliphatic rings. The first-order chi connectivity index (χ1) is 7.18. The summed E-state index contributed by atoms with van der Waals surface area (Å²) in [6, 6.07) is 13.0. The van der Waals surface area contributed by atoms with E-state index in [2.05, 4.69) is 0 Å². The third kappa shape index (κ3) is 1.37. The van der Waals surface area contributed by atoms with E-state index < -0.39 is 0 Å². The summed E-state index contributed by atoms with van der Waals surface area (Å²) in [6.07, 6.45) is 0. The van der Waals surface area contributed by atoms with Crippen LogP contribution in [0.4, 0.5) is 0 Å². The maximum absolute atomic E-state index is 7.74. The molecule has 0 aliphatic heterocycles. The zero-order valence-corrected chi connectivity index (χ0v) is 6.54. The lowest BCUT2D eigenvalue weighted by molar-refractivity contribution is 1.62. The highest BCUT2D eigenvalue weighted by molar-refractivity contribution is 5.62. The second kappa shape index (κ2) is 3.22. The molecular formula is C12H10. The molecule has 0 unspecified atom stereocenters. The number of hydrogen-bond donors (Lipinski definition) is 0. The SMILES string of the molecule is [2H]c1cc([2H])c(-c2ccccc2)cc1[2H]. The van der Waals surface area contributed by atoms with E-state index in [4.69, 9.17) is 4.11 Å². The molecule has 0 aromatic heterocycles. The van der Waals surface area contributed by atoms with Gasteiger partial charge in [-0.2, -0.15) is 0 Å². The zero-order valence-electron chi connectivity index (χ0n) is 9.54. The molecule has 0 aliphatic carbocycles. The monoisotopic (exact) mass is 157 g/mol. The van der Waals surface area contributed by atoms with Crippen molar-refractivity contribution >= 4 is 0 Å². The van der Waals surface area contributed by atoms with Gasteiger partial charge in [0.2, 0.25) is 0 Å². The first kappa shape index (κ1) is 4.46. The Kier molecular flexibility index (Phi) is 1.20. The normalized spacial score (nSPS) is 13.2. The Labute approximate surface area is 76.7 Å². The standard InChI is InChI=1S/C12H10/c1-3-7-11(8-4-1)12-9-5-2-6-10-12/h1-10H/i1D,3D,8D. The summed E-state index contributed by atoms with van der Waals surface area (Å²) >= 11 is 0. The summed E-state index contributed by atoms with van der Waals surface area (Å²) in [6.45, 7) is 0. The van der Waals surface area contributed by atoms with Crippen LogP contribution in [-0.4, -0.2) is 0 Å². The maximum Gasteiger partial charge on any atom is 0.0629 e. The Balaban J connectivity index is 2.59. The Morgan fingerprint density at radius 3 is 2.42 bits per heavy atom. The Hall–Kier alpha value is -1.56. The number of rotatable bonds is 1. The topological polar surface area (TPSA) is 0 Å². The van der Waals surface area contributed by atoms with Crippen molar-refractivity contribution in [2.24, 2.45) is 0 Å². The molecule has 0 N–H and O–H groups in total. The lowest BCUT2D eigenvalue weighted by Crippen LogP contribution is -1.73. The minimum Gasteiger partial charge on any atom is -0.0622 e. The van der Waals surface area contributed by atoms with Crippen molar-refractivity contribution in [3.8, 4) is 11.1 Å². The number of hydrogen-bond acceptors (Lipinski definition) is 0. The minimum absolute atomic E-state index is 0.0969. The summed E-state index contributed by atoms with van der Waals surface area (Å²) in [4.78, 5) is 0. The van der Waals surface area contributed by atoms with E-state index in [9.17, 15) is 0 Å². The first-order valence-corrected chi connectivity index (χ1v) is 3.82. The molecule has 58 valence electrons. The summed E-state index contributed by atoms with van der Waals surface area (Å²) in [7, 11) is 0. The van der Waals surface area contributed by atoms with E-state index >= 15 is 0 Å². The van der Waals surface area contributed by atoms with Gasteiger partial charge >= 0.3 is 0 Å². The van der Waals surface area contributed by atoms with E-state index in [-0.39, 0.29) is 12.1 Å². The second-order valence-electron chi connectivity index (χ2n) is 2.50. The Morgan fingerprint density at radius 2 is 1.58 bits per heavy atom. The summed E-state index contributed by atoms with van der Waals surface area (Å²) in [5.41, 5.74) is 1.62. The molecule has 2 aromatic carbocycles. The summed E-state index contributed by atoms with van der Waals surface area (Å²) in [5, 5.41) is 0. The molecule has 0 heterocycles. The van der Waals surface area contributed by atoms with Gasteiger partial charge in [-0.1, -0.05) is 60.6 Å². The average molecular weight is 157 g/mol. The van der Waals surface area contributed by atoms with Crippen LogP contribution in [0.25, 0.3) is 11.1 Å². The Morgan fingerprint density at radius 1 is 0.750 bits per heavy atom. The van der Waals surface area contributed by atoms with Crippen LogP contribution < -0.4 is 0 Å². The highest BCUT2D eigenvalue weighted by Gasteiger charge is 1.91. The van der Waals surface area contributed by atoms with Gasteiger partial charge in [-0.05, 0) is 11.1 Å². The van der Waals surface area contributed by atoms with E-state index in [0.717, 1.165) is 5.56 Å². The smallest absolute Gasteiger partial charge is 0.0622 e. The van der Waals surface area contributed by atoms with Gasteiger partial charge in [-0.15, -0.1) is 0 Å². The fourth-order valence-corrected chi connectivity index (χ4v) is 1.10. The quantitative estimate of drug-likeness (QED) is 0.595. The van der Waals surface area contributed by atoms with E-state index in [1.165, 1.54) is 6.07 Å². The van der Waals surface area contributed by atoms with Crippen molar-refractivity contribution in [3.05, 3.63) is 60.6 Å². The third-order valence-electron chi connectivity index (χ3n) is 1.68. The van der Waals surface area contributed by atoms with Crippen molar-refractivity contribution in [1.82, 2.24) is 0 Å². The van der Waals surface area contributed by atoms with Crippen molar-refractivity contribution in [2.45, 2.75) is 0 Å². The predicted molar refractivity (Wildman–Crippen MR) is 51.9 cm³/mol. The van der Waals surface area contributed by atoms with Crippen molar-refractivity contribution in [3.63, 3.8) is 0 Å². The maximum atomic E-state index is 7.74. The van der Waals surface area contributed by atoms with Crippen LogP contribution >= 0.6 is 0 Å². The van der Waals surface area contributed by atoms with Crippen molar-refractivity contribution in [2.75, 3.05) is 0 Å². The van der Waals surface area contributed by atoms with Crippen molar-refractivity contribution < 1.29 is 4.11 Å². The second-order valence-corrected chi connectivity index (χ2v) is 2.50. The molecule has 2 rings (SSSR count). The molecule has 0 saturated heterocycles. The van der Waals surface area contributed by atoms with Gasteiger partial charge in [0.05, 0.1) is 4.11 Å². The van der Waals surface area contributed by atoms with Crippen LogP contribution in [-0.2, 0) is 0 Å².